The van der Waals surface area contributed by atoms with Gasteiger partial charge in [-0.05, 0) is 29.7 Å². The van der Waals surface area contributed by atoms with Crippen molar-refractivity contribution in [1.29, 1.82) is 0 Å². The molecule has 34 heavy (non-hydrogen) atoms. The number of rotatable bonds is 16. The molecule has 3 N–H and O–H groups in total. The van der Waals surface area contributed by atoms with E-state index in [4.69, 9.17) is 26.2 Å². The third-order valence-electron chi connectivity index (χ3n) is 4.66. The second kappa shape index (κ2) is 16.2. The molecule has 0 saturated heterocycles. The maximum absolute atomic E-state index is 11.9. The van der Waals surface area contributed by atoms with Gasteiger partial charge in [0.15, 0.2) is 19.4 Å². The Morgan fingerprint density at radius 3 is 2.85 bits per heavy atom. The summed E-state index contributed by atoms with van der Waals surface area (Å²) in [6.45, 7) is 8.72. The Morgan fingerprint density at radius 2 is 2.12 bits per heavy atom. The lowest BCUT2D eigenvalue weighted by Gasteiger charge is -2.28. The highest BCUT2D eigenvalue weighted by atomic mass is 16.6. The Balaban J connectivity index is 2.19. The number of aromatic amines is 1. The quantitative estimate of drug-likeness (QED) is 0.0819. The number of carbonyl (C=O) groups is 2. The van der Waals surface area contributed by atoms with Crippen LogP contribution in [-0.2, 0) is 27.4 Å². The van der Waals surface area contributed by atoms with Gasteiger partial charge in [0.25, 0.3) is 5.69 Å². The standard InChI is InChI=1S/C21H34N8O5/c1-5-10-33-20(31)24-16-21(3,4)13-17(2)6-7-23-19(30)34-15-18-14-29(28-26-18)9-12-32-11-8-25-27-22/h1,14,17H,6-13,15-16H2,2-4H3,(H2,23,24,30,31)/p+1. The van der Waals surface area contributed by atoms with Crippen LogP contribution in [0, 0.1) is 23.7 Å². The highest BCUT2D eigenvalue weighted by Gasteiger charge is 2.22. The molecule has 0 saturated carbocycles. The van der Waals surface area contributed by atoms with Gasteiger partial charge in [-0.15, -0.1) is 6.42 Å². The van der Waals surface area contributed by atoms with Crippen molar-refractivity contribution < 1.29 is 28.5 Å². The van der Waals surface area contributed by atoms with Crippen LogP contribution in [0.1, 0.15) is 39.3 Å². The number of hydrogen-bond donors (Lipinski definition) is 3. The molecule has 0 spiro atoms. The van der Waals surface area contributed by atoms with E-state index in [0.717, 1.165) is 12.8 Å². The number of H-pyrrole nitrogens is 1. The molecule has 1 aromatic heterocycles. The average molecular weight is 480 g/mol. The van der Waals surface area contributed by atoms with Gasteiger partial charge in [-0.2, -0.15) is 4.68 Å². The van der Waals surface area contributed by atoms with E-state index in [-0.39, 0.29) is 25.2 Å². The topological polar surface area (TPSA) is 167 Å². The van der Waals surface area contributed by atoms with Crippen molar-refractivity contribution in [2.24, 2.45) is 16.4 Å². The molecule has 1 unspecified atom stereocenters. The van der Waals surface area contributed by atoms with Crippen LogP contribution in [0.2, 0.25) is 0 Å². The fourth-order valence-electron chi connectivity index (χ4n) is 3.16. The van der Waals surface area contributed by atoms with Crippen LogP contribution in [0.15, 0.2) is 11.3 Å². The molecule has 1 atom stereocenters. The van der Waals surface area contributed by atoms with Crippen LogP contribution >= 0.6 is 0 Å². The average Bonchev–Trinajstić information content (AvgIpc) is 3.24. The van der Waals surface area contributed by atoms with E-state index in [1.807, 2.05) is 0 Å². The summed E-state index contributed by atoms with van der Waals surface area (Å²) >= 11 is 0. The lowest BCUT2D eigenvalue weighted by Crippen LogP contribution is -2.37. The number of terminal acetylenes is 1. The first kappa shape index (κ1) is 28.5. The summed E-state index contributed by atoms with van der Waals surface area (Å²) in [6, 6.07) is 0. The summed E-state index contributed by atoms with van der Waals surface area (Å²) in [5.41, 5.74) is 8.62. The Labute approximate surface area is 199 Å². The van der Waals surface area contributed by atoms with Gasteiger partial charge in [0.2, 0.25) is 0 Å². The lowest BCUT2D eigenvalue weighted by atomic mass is 9.82. The van der Waals surface area contributed by atoms with E-state index in [1.54, 1.807) is 10.9 Å². The second-order valence-corrected chi connectivity index (χ2v) is 8.49. The van der Waals surface area contributed by atoms with Crippen molar-refractivity contribution >= 4 is 12.2 Å². The van der Waals surface area contributed by atoms with Gasteiger partial charge < -0.3 is 24.8 Å². The Kier molecular flexibility index (Phi) is 13.6. The molecular formula is C21H35N8O5+. The SMILES string of the molecule is C#CCOC(=O)NCC(C)(C)CC(C)CCNC(=O)OCc1c[n+](CCOCCN=[N+]=[N-])[nH]n1. The van der Waals surface area contributed by atoms with Crippen molar-refractivity contribution in [2.75, 3.05) is 39.5 Å². The zero-order valence-electron chi connectivity index (χ0n) is 20.1. The van der Waals surface area contributed by atoms with Crippen LogP contribution in [0.4, 0.5) is 9.59 Å². The molecule has 1 rings (SSSR count). The van der Waals surface area contributed by atoms with Crippen molar-refractivity contribution in [3.8, 4) is 12.3 Å². The number of alkyl carbamates (subject to hydrolysis) is 2. The fraction of sp³-hybridized carbons (Fsp3) is 0.714. The monoisotopic (exact) mass is 479 g/mol. The van der Waals surface area contributed by atoms with Crippen molar-refractivity contribution in [2.45, 2.75) is 46.8 Å². The molecule has 0 aliphatic carbocycles. The van der Waals surface area contributed by atoms with E-state index >= 15 is 0 Å². The van der Waals surface area contributed by atoms with Crippen molar-refractivity contribution in [1.82, 2.24) is 20.9 Å². The fourth-order valence-corrected chi connectivity index (χ4v) is 3.16. The van der Waals surface area contributed by atoms with E-state index in [2.05, 4.69) is 57.7 Å². The molecule has 2 amide bonds. The number of amides is 2. The maximum Gasteiger partial charge on any atom is 0.408 e. The first-order chi connectivity index (χ1) is 16.3. The summed E-state index contributed by atoms with van der Waals surface area (Å²) in [5, 5.41) is 15.7. The van der Waals surface area contributed by atoms with E-state index in [9.17, 15) is 9.59 Å². The van der Waals surface area contributed by atoms with Crippen LogP contribution in [-0.4, -0.2) is 62.0 Å². The molecule has 0 bridgehead atoms. The summed E-state index contributed by atoms with van der Waals surface area (Å²) < 4.78 is 17.0. The Morgan fingerprint density at radius 1 is 1.35 bits per heavy atom. The predicted molar refractivity (Wildman–Crippen MR) is 122 cm³/mol. The molecule has 0 aliphatic heterocycles. The first-order valence-corrected chi connectivity index (χ1v) is 11.0. The largest absolute Gasteiger partial charge is 0.440 e. The van der Waals surface area contributed by atoms with Gasteiger partial charge in [-0.1, -0.05) is 37.0 Å². The summed E-state index contributed by atoms with van der Waals surface area (Å²) in [6.07, 6.45) is 7.36. The van der Waals surface area contributed by atoms with Crippen molar-refractivity contribution in [3.63, 3.8) is 0 Å². The smallest absolute Gasteiger partial charge is 0.408 e. The molecule has 1 heterocycles. The minimum atomic E-state index is -0.527. The van der Waals surface area contributed by atoms with Crippen LogP contribution in [0.3, 0.4) is 0 Å². The molecule has 13 heteroatoms. The summed E-state index contributed by atoms with van der Waals surface area (Å²) in [4.78, 5) is 26.1. The molecule has 13 nitrogen and oxygen atoms in total. The third-order valence-corrected chi connectivity index (χ3v) is 4.66. The Bertz CT molecular complexity index is 844. The highest BCUT2D eigenvalue weighted by Crippen LogP contribution is 2.26. The van der Waals surface area contributed by atoms with Gasteiger partial charge >= 0.3 is 12.2 Å². The van der Waals surface area contributed by atoms with Gasteiger partial charge in [0.05, 0.1) is 13.2 Å². The normalized spacial score (nSPS) is 11.6. The number of nitrogens with one attached hydrogen (secondary N) is 3. The molecule has 0 aliphatic rings. The minimum absolute atomic E-state index is 0.0388. The first-order valence-electron chi connectivity index (χ1n) is 11.0. The second-order valence-electron chi connectivity index (χ2n) is 8.49. The van der Waals surface area contributed by atoms with Gasteiger partial charge in [-0.3, -0.25) is 0 Å². The number of carbonyl (C=O) groups excluding carboxylic acids is 2. The number of aromatic nitrogens is 3. The highest BCUT2D eigenvalue weighted by molar-refractivity contribution is 5.67. The molecule has 188 valence electrons. The van der Waals surface area contributed by atoms with Gasteiger partial charge in [-0.25, -0.2) is 9.59 Å². The number of azide groups is 1. The number of hydrogen-bond acceptors (Lipinski definition) is 7. The number of nitrogens with zero attached hydrogens (tertiary/aromatic N) is 5. The maximum atomic E-state index is 11.9. The molecular weight excluding hydrogens is 444 g/mol. The third kappa shape index (κ3) is 13.8. The van der Waals surface area contributed by atoms with E-state index in [1.165, 1.54) is 0 Å². The molecule has 1 aromatic rings. The van der Waals surface area contributed by atoms with Gasteiger partial charge in [0, 0.05) is 29.6 Å². The zero-order valence-corrected chi connectivity index (χ0v) is 20.1. The summed E-state index contributed by atoms with van der Waals surface area (Å²) in [5.74, 6) is 2.56. The zero-order chi connectivity index (χ0) is 25.2. The number of ether oxygens (including phenoxy) is 3. The lowest BCUT2D eigenvalue weighted by molar-refractivity contribution is -0.754. The molecule has 0 aromatic carbocycles. The van der Waals surface area contributed by atoms with Crippen LogP contribution in [0.25, 0.3) is 10.4 Å². The predicted octanol–water partition coefficient (Wildman–Crippen LogP) is 2.05. The summed E-state index contributed by atoms with van der Waals surface area (Å²) in [7, 11) is 0. The van der Waals surface area contributed by atoms with Crippen molar-refractivity contribution in [3.05, 3.63) is 22.3 Å². The Hall–Kier alpha value is -3.49. The minimum Gasteiger partial charge on any atom is -0.440 e. The van der Waals surface area contributed by atoms with Crippen LogP contribution in [0.5, 0.6) is 0 Å². The molecule has 0 radical (unpaired) electrons. The van der Waals surface area contributed by atoms with Gasteiger partial charge in [0.1, 0.15) is 6.54 Å². The molecule has 0 fully saturated rings. The van der Waals surface area contributed by atoms with E-state index < -0.39 is 12.2 Å². The van der Waals surface area contributed by atoms with E-state index in [0.29, 0.717) is 44.5 Å². The van der Waals surface area contributed by atoms with Crippen LogP contribution < -0.4 is 15.3 Å².